The molecular weight excluding hydrogens is 489 g/mol. The molecule has 0 atom stereocenters. The summed E-state index contributed by atoms with van der Waals surface area (Å²) in [7, 11) is -3.86. The predicted octanol–water partition coefficient (Wildman–Crippen LogP) is 5.92. The summed E-state index contributed by atoms with van der Waals surface area (Å²) in [6.45, 7) is 9.15. The summed E-state index contributed by atoms with van der Waals surface area (Å²) in [5.41, 5.74) is 4.29. The lowest BCUT2D eigenvalue weighted by Crippen LogP contribution is -2.23. The average molecular weight is 520 g/mol. The maximum absolute atomic E-state index is 13.4. The Morgan fingerprint density at radius 2 is 1.76 bits per heavy atom. The second-order valence-corrected chi connectivity index (χ2v) is 10.1. The second-order valence-electron chi connectivity index (χ2n) is 8.25. The summed E-state index contributed by atoms with van der Waals surface area (Å²) < 4.78 is 41.4. The van der Waals surface area contributed by atoms with Crippen LogP contribution in [0.2, 0.25) is 0 Å². The van der Waals surface area contributed by atoms with Crippen molar-refractivity contribution in [2.75, 3.05) is 0 Å². The first-order valence-corrected chi connectivity index (χ1v) is 13.2. The van der Waals surface area contributed by atoms with Crippen LogP contribution in [0, 0.1) is 12.7 Å². The molecule has 0 aliphatic carbocycles. The van der Waals surface area contributed by atoms with Crippen LogP contribution in [-0.4, -0.2) is 23.3 Å². The van der Waals surface area contributed by atoms with Gasteiger partial charge in [0.2, 0.25) is 0 Å². The normalized spacial score (nSPS) is 10.8. The third kappa shape index (κ3) is 6.40. The van der Waals surface area contributed by atoms with E-state index < -0.39 is 21.7 Å². The van der Waals surface area contributed by atoms with E-state index in [9.17, 15) is 17.6 Å². The number of aromatic nitrogens is 2. The number of hydrogen-bond donors (Lipinski definition) is 1. The van der Waals surface area contributed by atoms with E-state index in [-0.39, 0.29) is 11.4 Å². The number of carbonyl (C=O) groups is 1. The lowest BCUT2D eigenvalue weighted by Gasteiger charge is -2.10. The fourth-order valence-electron chi connectivity index (χ4n) is 3.91. The number of amides is 1. The van der Waals surface area contributed by atoms with Gasteiger partial charge in [-0.3, -0.25) is 9.78 Å². The molecule has 0 radical (unpaired) electrons. The third-order valence-electron chi connectivity index (χ3n) is 5.67. The first kappa shape index (κ1) is 27.5. The Balaban J connectivity index is 0.00000121. The molecule has 192 valence electrons. The minimum absolute atomic E-state index is 0.0822. The van der Waals surface area contributed by atoms with Crippen molar-refractivity contribution in [1.82, 2.24) is 14.3 Å². The summed E-state index contributed by atoms with van der Waals surface area (Å²) in [5, 5.41) is 2.68. The number of hydrogen-bond acceptors (Lipinski definition) is 4. The number of pyridine rings is 1. The van der Waals surface area contributed by atoms with Gasteiger partial charge in [0.1, 0.15) is 5.82 Å². The van der Waals surface area contributed by atoms with Crippen molar-refractivity contribution in [2.45, 2.75) is 38.6 Å². The van der Waals surface area contributed by atoms with E-state index in [0.717, 1.165) is 22.9 Å². The average Bonchev–Trinajstić information content (AvgIpc) is 3.25. The molecule has 8 heteroatoms. The largest absolute Gasteiger partial charge is 0.348 e. The van der Waals surface area contributed by atoms with Crippen LogP contribution < -0.4 is 5.32 Å². The van der Waals surface area contributed by atoms with Crippen LogP contribution >= 0.6 is 0 Å². The molecule has 4 aromatic rings. The Bertz CT molecular complexity index is 1480. The number of allylic oxidation sites excluding steroid dienone is 1. The molecule has 1 amide bonds. The summed E-state index contributed by atoms with van der Waals surface area (Å²) >= 11 is 0. The summed E-state index contributed by atoms with van der Waals surface area (Å²) in [6, 6.07) is 16.7. The minimum Gasteiger partial charge on any atom is -0.348 e. The zero-order valence-electron chi connectivity index (χ0n) is 21.1. The molecule has 0 saturated heterocycles. The number of nitrogens with zero attached hydrogens (tertiary/aromatic N) is 2. The van der Waals surface area contributed by atoms with Gasteiger partial charge in [-0.1, -0.05) is 43.3 Å². The van der Waals surface area contributed by atoms with Crippen LogP contribution in [-0.2, 0) is 23.0 Å². The van der Waals surface area contributed by atoms with E-state index in [1.165, 1.54) is 40.5 Å². The fraction of sp³-hybridized carbons (Fsp3) is 0.172. The molecule has 2 aromatic heterocycles. The number of rotatable bonds is 7. The molecule has 4 rings (SSSR count). The van der Waals surface area contributed by atoms with E-state index in [0.29, 0.717) is 23.2 Å². The van der Waals surface area contributed by atoms with Crippen molar-refractivity contribution in [3.05, 3.63) is 120 Å². The molecule has 0 bridgehead atoms. The lowest BCUT2D eigenvalue weighted by atomic mass is 10.0. The highest BCUT2D eigenvalue weighted by atomic mass is 32.2. The maximum Gasteiger partial charge on any atom is 0.267 e. The molecule has 2 aromatic carbocycles. The van der Waals surface area contributed by atoms with Crippen molar-refractivity contribution in [2.24, 2.45) is 0 Å². The molecule has 6 nitrogen and oxygen atoms in total. The van der Waals surface area contributed by atoms with Crippen LogP contribution in [0.15, 0.2) is 96.8 Å². The monoisotopic (exact) mass is 519 g/mol. The predicted molar refractivity (Wildman–Crippen MR) is 144 cm³/mol. The van der Waals surface area contributed by atoms with E-state index >= 15 is 0 Å². The van der Waals surface area contributed by atoms with Gasteiger partial charge in [0.25, 0.3) is 15.9 Å². The zero-order chi connectivity index (χ0) is 27.0. The highest BCUT2D eigenvalue weighted by Crippen LogP contribution is 2.31. The molecule has 0 unspecified atom stereocenters. The summed E-state index contributed by atoms with van der Waals surface area (Å²) in [6.07, 6.45) is 6.65. The number of benzene rings is 2. The van der Waals surface area contributed by atoms with Gasteiger partial charge in [-0.25, -0.2) is 16.8 Å². The molecule has 0 aliphatic rings. The van der Waals surface area contributed by atoms with Crippen LogP contribution in [0.5, 0.6) is 0 Å². The molecule has 2 heterocycles. The van der Waals surface area contributed by atoms with Gasteiger partial charge in [-0.2, -0.15) is 0 Å². The Hall–Kier alpha value is -4.04. The van der Waals surface area contributed by atoms with E-state index in [1.807, 2.05) is 44.2 Å². The van der Waals surface area contributed by atoms with Crippen LogP contribution in [0.3, 0.4) is 0 Å². The highest BCUT2D eigenvalue weighted by Gasteiger charge is 2.23. The van der Waals surface area contributed by atoms with Gasteiger partial charge >= 0.3 is 0 Å². The Kier molecular flexibility index (Phi) is 9.14. The smallest absolute Gasteiger partial charge is 0.267 e. The van der Waals surface area contributed by atoms with Crippen molar-refractivity contribution >= 4 is 15.9 Å². The van der Waals surface area contributed by atoms with Crippen LogP contribution in [0.25, 0.3) is 11.1 Å². The van der Waals surface area contributed by atoms with E-state index in [2.05, 4.69) is 16.9 Å². The molecule has 37 heavy (non-hydrogen) atoms. The fourth-order valence-corrected chi connectivity index (χ4v) is 5.33. The van der Waals surface area contributed by atoms with Crippen molar-refractivity contribution in [3.63, 3.8) is 0 Å². The maximum atomic E-state index is 13.4. The Morgan fingerprint density at radius 3 is 2.35 bits per heavy atom. The van der Waals surface area contributed by atoms with E-state index in [4.69, 9.17) is 0 Å². The molecule has 0 fully saturated rings. The van der Waals surface area contributed by atoms with Crippen molar-refractivity contribution < 1.29 is 17.6 Å². The van der Waals surface area contributed by atoms with Gasteiger partial charge in [0, 0.05) is 35.8 Å². The number of carbonyl (C=O) groups excluding carboxylic acids is 1. The molecule has 0 saturated carbocycles. The highest BCUT2D eigenvalue weighted by molar-refractivity contribution is 7.90. The lowest BCUT2D eigenvalue weighted by molar-refractivity contribution is 0.0950. The minimum atomic E-state index is -3.86. The van der Waals surface area contributed by atoms with E-state index in [1.54, 1.807) is 19.2 Å². The van der Waals surface area contributed by atoms with Crippen LogP contribution in [0.1, 0.15) is 41.0 Å². The standard InChI is InChI=1S/C26H24FN3O3S.C3H6/c1-3-24-18(2)30(17-25(24)20-7-5-4-6-8-20)34(32,33)23-11-9-21(10-12-23)26(31)29-15-19-13-22(27)16-28-14-19;1-3-2/h4-14,16-17H,3,15H2,1-2H3,(H,29,31);3H,1H2,2H3. The first-order valence-electron chi connectivity index (χ1n) is 11.8. The van der Waals surface area contributed by atoms with Gasteiger partial charge in [-0.15, -0.1) is 6.58 Å². The second kappa shape index (κ2) is 12.3. The summed E-state index contributed by atoms with van der Waals surface area (Å²) in [4.78, 5) is 16.3. The number of nitrogens with one attached hydrogen (secondary N) is 1. The Morgan fingerprint density at radius 1 is 1.11 bits per heavy atom. The van der Waals surface area contributed by atoms with Gasteiger partial charge < -0.3 is 5.32 Å². The summed E-state index contributed by atoms with van der Waals surface area (Å²) in [5.74, 6) is -0.881. The third-order valence-corrected chi connectivity index (χ3v) is 7.43. The van der Waals surface area contributed by atoms with Crippen LogP contribution in [0.4, 0.5) is 4.39 Å². The SMILES string of the molecule is C=CC.CCc1c(-c2ccccc2)cn(S(=O)(=O)c2ccc(C(=O)NCc3cncc(F)c3)cc2)c1C. The molecular formula is C29H30FN3O3S. The molecule has 0 spiro atoms. The van der Waals surface area contributed by atoms with Crippen molar-refractivity contribution in [1.29, 1.82) is 0 Å². The molecule has 0 aliphatic heterocycles. The quantitative estimate of drug-likeness (QED) is 0.307. The zero-order valence-corrected chi connectivity index (χ0v) is 21.9. The van der Waals surface area contributed by atoms with Crippen molar-refractivity contribution in [3.8, 4) is 11.1 Å². The van der Waals surface area contributed by atoms with Gasteiger partial charge in [0.05, 0.1) is 11.1 Å². The number of halogens is 1. The molecule has 1 N–H and O–H groups in total. The van der Waals surface area contributed by atoms with Gasteiger partial charge in [0.15, 0.2) is 0 Å². The first-order chi connectivity index (χ1) is 17.7. The Labute approximate surface area is 217 Å². The topological polar surface area (TPSA) is 81.1 Å². The van der Waals surface area contributed by atoms with Gasteiger partial charge in [-0.05, 0) is 67.3 Å².